The fraction of sp³-hybridized carbons (Fsp3) is 0.391. The summed E-state index contributed by atoms with van der Waals surface area (Å²) in [6.45, 7) is -1.84. The number of nitrogens with one attached hydrogen (secondary N) is 3. The highest BCUT2D eigenvalue weighted by Gasteiger charge is 2.46. The van der Waals surface area contributed by atoms with Crippen LogP contribution >= 0.6 is 0 Å². The van der Waals surface area contributed by atoms with Crippen LogP contribution < -0.4 is 20.7 Å². The minimum atomic E-state index is -4.52. The van der Waals surface area contributed by atoms with E-state index in [1.807, 2.05) is 5.32 Å². The first-order valence-corrected chi connectivity index (χ1v) is 10.9. The SMILES string of the molecule is O=C(C[C@@H]1C[C@H]2c3cc(NC(=O)Nc4ccc(F)cc4)ccc3O[C@H]2[C@H](CO)O1)NCC(F)(F)F. The van der Waals surface area contributed by atoms with Gasteiger partial charge in [-0.25, -0.2) is 9.18 Å². The van der Waals surface area contributed by atoms with Crippen molar-refractivity contribution >= 4 is 23.3 Å². The Morgan fingerprint density at radius 3 is 2.43 bits per heavy atom. The van der Waals surface area contributed by atoms with Crippen LogP contribution in [0.1, 0.15) is 24.3 Å². The summed E-state index contributed by atoms with van der Waals surface area (Å²) in [6.07, 6.45) is -6.60. The van der Waals surface area contributed by atoms with Gasteiger partial charge in [0, 0.05) is 22.9 Å². The van der Waals surface area contributed by atoms with Crippen LogP contribution in [0.5, 0.6) is 5.75 Å². The van der Waals surface area contributed by atoms with Crippen molar-refractivity contribution in [1.82, 2.24) is 5.32 Å². The second kappa shape index (κ2) is 10.1. The van der Waals surface area contributed by atoms with Gasteiger partial charge in [-0.3, -0.25) is 4.79 Å². The van der Waals surface area contributed by atoms with Crippen molar-refractivity contribution < 1.29 is 41.7 Å². The van der Waals surface area contributed by atoms with Crippen molar-refractivity contribution in [3.05, 3.63) is 53.8 Å². The zero-order valence-electron chi connectivity index (χ0n) is 18.3. The van der Waals surface area contributed by atoms with E-state index in [9.17, 15) is 32.3 Å². The molecule has 188 valence electrons. The lowest BCUT2D eigenvalue weighted by molar-refractivity contribution is -0.149. The predicted molar refractivity (Wildman–Crippen MR) is 117 cm³/mol. The number of carbonyl (C=O) groups excluding carboxylic acids is 2. The van der Waals surface area contributed by atoms with Gasteiger partial charge in [0.15, 0.2) is 0 Å². The molecule has 1 saturated heterocycles. The molecule has 2 aromatic rings. The maximum Gasteiger partial charge on any atom is 0.405 e. The number of rotatable bonds is 6. The van der Waals surface area contributed by atoms with Gasteiger partial charge in [-0.2, -0.15) is 13.2 Å². The largest absolute Gasteiger partial charge is 0.487 e. The van der Waals surface area contributed by atoms with Crippen molar-refractivity contribution in [2.75, 3.05) is 23.8 Å². The molecule has 0 spiro atoms. The number of alkyl halides is 3. The van der Waals surface area contributed by atoms with E-state index < -0.39 is 55.4 Å². The van der Waals surface area contributed by atoms with Crippen molar-refractivity contribution in [3.63, 3.8) is 0 Å². The van der Waals surface area contributed by atoms with E-state index in [4.69, 9.17) is 9.47 Å². The molecule has 0 aromatic heterocycles. The summed E-state index contributed by atoms with van der Waals surface area (Å²) in [5.74, 6) is -1.03. The van der Waals surface area contributed by atoms with Crippen LogP contribution in [0.15, 0.2) is 42.5 Å². The van der Waals surface area contributed by atoms with Gasteiger partial charge in [-0.15, -0.1) is 0 Å². The first-order chi connectivity index (χ1) is 16.6. The van der Waals surface area contributed by atoms with E-state index in [0.29, 0.717) is 17.1 Å². The zero-order chi connectivity index (χ0) is 25.2. The van der Waals surface area contributed by atoms with Gasteiger partial charge in [-0.1, -0.05) is 0 Å². The molecule has 12 heteroatoms. The lowest BCUT2D eigenvalue weighted by Crippen LogP contribution is -2.47. The molecule has 1 fully saturated rings. The maximum absolute atomic E-state index is 13.0. The van der Waals surface area contributed by atoms with Gasteiger partial charge in [0.05, 0.1) is 19.1 Å². The first kappa shape index (κ1) is 24.7. The molecule has 35 heavy (non-hydrogen) atoms. The second-order valence-corrected chi connectivity index (χ2v) is 8.34. The van der Waals surface area contributed by atoms with E-state index in [2.05, 4.69) is 10.6 Å². The Hall–Kier alpha value is -3.38. The number of carbonyl (C=O) groups is 2. The Balaban J connectivity index is 1.43. The third-order valence-electron chi connectivity index (χ3n) is 5.76. The molecule has 0 bridgehead atoms. The van der Waals surface area contributed by atoms with E-state index in [1.54, 1.807) is 18.2 Å². The molecule has 4 atom stereocenters. The molecule has 2 aliphatic heterocycles. The van der Waals surface area contributed by atoms with Gasteiger partial charge < -0.3 is 30.5 Å². The highest BCUT2D eigenvalue weighted by molar-refractivity contribution is 5.99. The number of aliphatic hydroxyl groups is 1. The molecule has 2 heterocycles. The molecule has 0 saturated carbocycles. The standard InChI is InChI=1S/C23H23F4N3O5/c24-12-1-3-13(4-2-12)29-22(33)30-14-5-6-18-16(7-14)17-8-15(34-19(10-31)21(17)35-18)9-20(32)28-11-23(25,26)27/h1-7,15,17,19,21,31H,8-11H2,(H,28,32)(H2,29,30,33)/t15-,17-,19-,21+/m0/s1. The monoisotopic (exact) mass is 497 g/mol. The lowest BCUT2D eigenvalue weighted by atomic mass is 9.84. The molecule has 4 rings (SSSR count). The Kier molecular flexibility index (Phi) is 7.13. The van der Waals surface area contributed by atoms with E-state index in [-0.39, 0.29) is 18.8 Å². The van der Waals surface area contributed by atoms with Crippen molar-refractivity contribution in [3.8, 4) is 5.75 Å². The average molecular weight is 497 g/mol. The average Bonchev–Trinajstić information content (AvgIpc) is 3.16. The third kappa shape index (κ3) is 6.20. The van der Waals surface area contributed by atoms with Gasteiger partial charge >= 0.3 is 12.2 Å². The Bertz CT molecular complexity index is 1080. The van der Waals surface area contributed by atoms with Crippen molar-refractivity contribution in [2.24, 2.45) is 0 Å². The topological polar surface area (TPSA) is 109 Å². The number of ether oxygens (including phenoxy) is 2. The van der Waals surface area contributed by atoms with Gasteiger partial charge in [0.1, 0.15) is 30.3 Å². The summed E-state index contributed by atoms with van der Waals surface area (Å²) < 4.78 is 61.8. The van der Waals surface area contributed by atoms with Crippen LogP contribution in [0.2, 0.25) is 0 Å². The van der Waals surface area contributed by atoms with Gasteiger partial charge in [-0.05, 0) is 48.9 Å². The molecule has 0 aliphatic carbocycles. The first-order valence-electron chi connectivity index (χ1n) is 10.9. The molecule has 0 radical (unpaired) electrons. The summed E-state index contributed by atoms with van der Waals surface area (Å²) in [4.78, 5) is 24.3. The molecular weight excluding hydrogens is 474 g/mol. The second-order valence-electron chi connectivity index (χ2n) is 8.34. The van der Waals surface area contributed by atoms with Crippen LogP contribution in [-0.4, -0.2) is 54.7 Å². The molecule has 0 unspecified atom stereocenters. The maximum atomic E-state index is 13.0. The van der Waals surface area contributed by atoms with Crippen LogP contribution in [0.4, 0.5) is 33.7 Å². The number of hydrogen-bond acceptors (Lipinski definition) is 5. The number of fused-ring (bicyclic) bond motifs is 3. The number of anilines is 2. The Morgan fingerprint density at radius 2 is 1.74 bits per heavy atom. The van der Waals surface area contributed by atoms with Crippen LogP contribution in [0.3, 0.4) is 0 Å². The van der Waals surface area contributed by atoms with E-state index in [1.165, 1.54) is 24.3 Å². The molecular formula is C23H23F4N3O5. The number of benzene rings is 2. The summed E-state index contributed by atoms with van der Waals surface area (Å²) in [5, 5.41) is 16.9. The highest BCUT2D eigenvalue weighted by atomic mass is 19.4. The minimum Gasteiger partial charge on any atom is -0.487 e. The summed E-state index contributed by atoms with van der Waals surface area (Å²) >= 11 is 0. The smallest absolute Gasteiger partial charge is 0.405 e. The predicted octanol–water partition coefficient (Wildman–Crippen LogP) is 3.53. The fourth-order valence-corrected chi connectivity index (χ4v) is 4.27. The minimum absolute atomic E-state index is 0.277. The van der Waals surface area contributed by atoms with Crippen LogP contribution in [-0.2, 0) is 9.53 Å². The fourth-order valence-electron chi connectivity index (χ4n) is 4.27. The van der Waals surface area contributed by atoms with Crippen molar-refractivity contribution in [1.29, 1.82) is 0 Å². The van der Waals surface area contributed by atoms with Gasteiger partial charge in [0.25, 0.3) is 0 Å². The van der Waals surface area contributed by atoms with Crippen LogP contribution in [0.25, 0.3) is 0 Å². The van der Waals surface area contributed by atoms with Crippen molar-refractivity contribution in [2.45, 2.75) is 43.2 Å². The van der Waals surface area contributed by atoms with E-state index >= 15 is 0 Å². The number of halogens is 4. The summed E-state index contributed by atoms with van der Waals surface area (Å²) in [5.41, 5.74) is 1.56. The molecule has 8 nitrogen and oxygen atoms in total. The van der Waals surface area contributed by atoms with Crippen LogP contribution in [0, 0.1) is 5.82 Å². The molecule has 4 N–H and O–H groups in total. The highest BCUT2D eigenvalue weighted by Crippen LogP contribution is 2.47. The summed E-state index contributed by atoms with van der Waals surface area (Å²) in [7, 11) is 0. The normalized spacial score (nSPS) is 23.0. The third-order valence-corrected chi connectivity index (χ3v) is 5.76. The lowest BCUT2D eigenvalue weighted by Gasteiger charge is -2.37. The molecule has 3 amide bonds. The Labute approximate surface area is 197 Å². The zero-order valence-corrected chi connectivity index (χ0v) is 18.3. The molecule has 2 aliphatic rings. The quantitative estimate of drug-likeness (QED) is 0.457. The van der Waals surface area contributed by atoms with Gasteiger partial charge in [0.2, 0.25) is 5.91 Å². The number of aliphatic hydroxyl groups excluding tert-OH is 1. The summed E-state index contributed by atoms with van der Waals surface area (Å²) in [6, 6.07) is 9.68. The number of hydrogen-bond donors (Lipinski definition) is 4. The Morgan fingerprint density at radius 1 is 1.06 bits per heavy atom. The number of amides is 3. The number of urea groups is 1. The van der Waals surface area contributed by atoms with E-state index in [0.717, 1.165) is 5.56 Å². The molecule has 2 aromatic carbocycles.